The number of nitrogens with zero attached hydrogens (tertiary/aromatic N) is 1. The summed E-state index contributed by atoms with van der Waals surface area (Å²) in [5.41, 5.74) is -0.101. The molecule has 0 saturated carbocycles. The zero-order chi connectivity index (χ0) is 13.6. The Morgan fingerprint density at radius 2 is 2.11 bits per heavy atom. The molecule has 108 valence electrons. The lowest BCUT2D eigenvalue weighted by Crippen LogP contribution is -2.55. The maximum absolute atomic E-state index is 5.69. The van der Waals surface area contributed by atoms with Gasteiger partial charge >= 0.3 is 0 Å². The molecule has 0 aromatic carbocycles. The first-order valence-electron chi connectivity index (χ1n) is 7.57. The normalized spacial score (nSPS) is 23.5. The monoisotopic (exact) mass is 256 g/mol. The molecule has 1 heterocycles. The summed E-state index contributed by atoms with van der Waals surface area (Å²) in [4.78, 5) is 2.65. The summed E-state index contributed by atoms with van der Waals surface area (Å²) in [6, 6.07) is 1.19. The Labute approximate surface area is 113 Å². The molecule has 0 aromatic heterocycles. The van der Waals surface area contributed by atoms with Gasteiger partial charge in [-0.1, -0.05) is 13.8 Å². The van der Waals surface area contributed by atoms with Crippen molar-refractivity contribution < 1.29 is 4.74 Å². The Morgan fingerprint density at radius 1 is 1.39 bits per heavy atom. The first kappa shape index (κ1) is 15.9. The van der Waals surface area contributed by atoms with E-state index < -0.39 is 0 Å². The molecule has 2 unspecified atom stereocenters. The summed E-state index contributed by atoms with van der Waals surface area (Å²) in [6.07, 6.45) is 5.16. The van der Waals surface area contributed by atoms with Crippen LogP contribution in [0.3, 0.4) is 0 Å². The first-order chi connectivity index (χ1) is 8.55. The van der Waals surface area contributed by atoms with Crippen molar-refractivity contribution in [2.45, 2.75) is 71.1 Å². The van der Waals surface area contributed by atoms with Gasteiger partial charge in [-0.2, -0.15) is 0 Å². The fourth-order valence-corrected chi connectivity index (χ4v) is 2.82. The lowest BCUT2D eigenvalue weighted by atomic mass is 9.97. The van der Waals surface area contributed by atoms with Gasteiger partial charge in [0, 0.05) is 25.7 Å². The van der Waals surface area contributed by atoms with Crippen LogP contribution in [0.15, 0.2) is 0 Å². The molecule has 1 N–H and O–H groups in total. The number of hydrogen-bond donors (Lipinski definition) is 1. The summed E-state index contributed by atoms with van der Waals surface area (Å²) in [7, 11) is 1.82. The van der Waals surface area contributed by atoms with Crippen molar-refractivity contribution in [3.8, 4) is 0 Å². The van der Waals surface area contributed by atoms with E-state index in [1.165, 1.54) is 32.2 Å². The molecule has 0 amide bonds. The Kier molecular flexibility index (Phi) is 6.61. The zero-order valence-corrected chi connectivity index (χ0v) is 13.0. The van der Waals surface area contributed by atoms with Crippen molar-refractivity contribution in [1.82, 2.24) is 10.2 Å². The molecule has 0 radical (unpaired) electrons. The highest BCUT2D eigenvalue weighted by molar-refractivity contribution is 4.91. The van der Waals surface area contributed by atoms with E-state index in [2.05, 4.69) is 37.9 Å². The van der Waals surface area contributed by atoms with E-state index in [9.17, 15) is 0 Å². The van der Waals surface area contributed by atoms with Crippen molar-refractivity contribution in [2.24, 2.45) is 0 Å². The molecule has 1 aliphatic heterocycles. The van der Waals surface area contributed by atoms with E-state index in [1.807, 2.05) is 7.11 Å². The van der Waals surface area contributed by atoms with Crippen molar-refractivity contribution in [3.05, 3.63) is 0 Å². The molecular formula is C15H32N2O. The van der Waals surface area contributed by atoms with Crippen LogP contribution in [-0.4, -0.2) is 49.3 Å². The molecule has 2 atom stereocenters. The highest BCUT2D eigenvalue weighted by Gasteiger charge is 2.33. The maximum Gasteiger partial charge on any atom is 0.0787 e. The second-order valence-electron chi connectivity index (χ2n) is 6.01. The molecule has 3 heteroatoms. The number of hydrogen-bond acceptors (Lipinski definition) is 3. The van der Waals surface area contributed by atoms with Crippen molar-refractivity contribution >= 4 is 0 Å². The van der Waals surface area contributed by atoms with Crippen LogP contribution in [0.5, 0.6) is 0 Å². The standard InChI is InChI=1S/C15H32N2O/c1-6-10-16-14(15(3,4)18-5)12-17-11-8-9-13(17)7-2/h13-14,16H,6-12H2,1-5H3. The van der Waals surface area contributed by atoms with Gasteiger partial charge in [0.2, 0.25) is 0 Å². The van der Waals surface area contributed by atoms with Crippen LogP contribution < -0.4 is 5.32 Å². The SMILES string of the molecule is CCCNC(CN1CCCC1CC)C(C)(C)OC. The highest BCUT2D eigenvalue weighted by atomic mass is 16.5. The van der Waals surface area contributed by atoms with E-state index in [-0.39, 0.29) is 5.60 Å². The Balaban J connectivity index is 2.60. The van der Waals surface area contributed by atoms with Gasteiger partial charge in [-0.05, 0) is 52.6 Å². The molecule has 0 bridgehead atoms. The number of likely N-dealkylation sites (tertiary alicyclic amines) is 1. The van der Waals surface area contributed by atoms with Gasteiger partial charge in [0.25, 0.3) is 0 Å². The lowest BCUT2D eigenvalue weighted by molar-refractivity contribution is -0.0210. The molecule has 1 saturated heterocycles. The largest absolute Gasteiger partial charge is 0.377 e. The topological polar surface area (TPSA) is 24.5 Å². The molecule has 3 nitrogen and oxygen atoms in total. The van der Waals surface area contributed by atoms with E-state index in [4.69, 9.17) is 4.74 Å². The highest BCUT2D eigenvalue weighted by Crippen LogP contribution is 2.23. The fraction of sp³-hybridized carbons (Fsp3) is 1.00. The van der Waals surface area contributed by atoms with Gasteiger partial charge in [-0.15, -0.1) is 0 Å². The zero-order valence-electron chi connectivity index (χ0n) is 13.0. The van der Waals surface area contributed by atoms with Crippen molar-refractivity contribution in [2.75, 3.05) is 26.7 Å². The van der Waals surface area contributed by atoms with Crippen LogP contribution in [-0.2, 0) is 4.74 Å². The summed E-state index contributed by atoms with van der Waals surface area (Å²) in [6.45, 7) is 12.3. The molecule has 0 aromatic rings. The van der Waals surface area contributed by atoms with Crippen LogP contribution in [0.25, 0.3) is 0 Å². The number of ether oxygens (including phenoxy) is 1. The van der Waals surface area contributed by atoms with Gasteiger partial charge in [0.05, 0.1) is 5.60 Å². The maximum atomic E-state index is 5.69. The minimum atomic E-state index is -0.101. The molecule has 1 aliphatic rings. The molecular weight excluding hydrogens is 224 g/mol. The summed E-state index contributed by atoms with van der Waals surface area (Å²) < 4.78 is 5.69. The Hall–Kier alpha value is -0.120. The van der Waals surface area contributed by atoms with E-state index in [0.717, 1.165) is 19.1 Å². The third-order valence-electron chi connectivity index (χ3n) is 4.39. The Morgan fingerprint density at radius 3 is 2.67 bits per heavy atom. The van der Waals surface area contributed by atoms with E-state index in [0.29, 0.717) is 6.04 Å². The van der Waals surface area contributed by atoms with Crippen molar-refractivity contribution in [1.29, 1.82) is 0 Å². The molecule has 18 heavy (non-hydrogen) atoms. The predicted molar refractivity (Wildman–Crippen MR) is 78.1 cm³/mol. The third kappa shape index (κ3) is 4.22. The summed E-state index contributed by atoms with van der Waals surface area (Å²) in [5, 5.41) is 3.67. The van der Waals surface area contributed by atoms with Crippen molar-refractivity contribution in [3.63, 3.8) is 0 Å². The Bertz CT molecular complexity index is 231. The third-order valence-corrected chi connectivity index (χ3v) is 4.39. The molecule has 1 fully saturated rings. The smallest absolute Gasteiger partial charge is 0.0787 e. The van der Waals surface area contributed by atoms with Gasteiger partial charge in [0.1, 0.15) is 0 Å². The minimum absolute atomic E-state index is 0.101. The van der Waals surface area contributed by atoms with Gasteiger partial charge in [-0.3, -0.25) is 4.90 Å². The molecule has 0 aliphatic carbocycles. The quantitative estimate of drug-likeness (QED) is 0.722. The second-order valence-corrected chi connectivity index (χ2v) is 6.01. The van der Waals surface area contributed by atoms with Crippen LogP contribution >= 0.6 is 0 Å². The van der Waals surface area contributed by atoms with Gasteiger partial charge < -0.3 is 10.1 Å². The number of rotatable bonds is 8. The van der Waals surface area contributed by atoms with Crippen LogP contribution in [0.4, 0.5) is 0 Å². The van der Waals surface area contributed by atoms with Crippen LogP contribution in [0.2, 0.25) is 0 Å². The average Bonchev–Trinajstić information content (AvgIpc) is 2.81. The second kappa shape index (κ2) is 7.46. The summed E-state index contributed by atoms with van der Waals surface area (Å²) >= 11 is 0. The first-order valence-corrected chi connectivity index (χ1v) is 7.57. The van der Waals surface area contributed by atoms with Crippen LogP contribution in [0, 0.1) is 0 Å². The van der Waals surface area contributed by atoms with Crippen LogP contribution in [0.1, 0.15) is 53.4 Å². The van der Waals surface area contributed by atoms with E-state index in [1.54, 1.807) is 0 Å². The number of nitrogens with one attached hydrogen (secondary N) is 1. The van der Waals surface area contributed by atoms with Gasteiger partial charge in [0.15, 0.2) is 0 Å². The van der Waals surface area contributed by atoms with E-state index >= 15 is 0 Å². The minimum Gasteiger partial charge on any atom is -0.377 e. The molecule has 1 rings (SSSR count). The number of methoxy groups -OCH3 is 1. The predicted octanol–water partition coefficient (Wildman–Crippen LogP) is 2.65. The summed E-state index contributed by atoms with van der Waals surface area (Å²) in [5.74, 6) is 0. The average molecular weight is 256 g/mol. The lowest BCUT2D eigenvalue weighted by Gasteiger charge is -2.38. The van der Waals surface area contributed by atoms with Gasteiger partial charge in [-0.25, -0.2) is 0 Å². The molecule has 0 spiro atoms. The fourth-order valence-electron chi connectivity index (χ4n) is 2.82.